The Morgan fingerprint density at radius 2 is 1.68 bits per heavy atom. The van der Waals surface area contributed by atoms with E-state index in [4.69, 9.17) is 14.5 Å². The number of hydrogen-bond acceptors (Lipinski definition) is 6. The van der Waals surface area contributed by atoms with Crippen LogP contribution in [0.2, 0.25) is 0 Å². The first-order chi connectivity index (χ1) is 20.1. The average Bonchev–Trinajstić information content (AvgIpc) is 3.33. The van der Waals surface area contributed by atoms with Gasteiger partial charge in [0.15, 0.2) is 4.80 Å². The van der Waals surface area contributed by atoms with Crippen LogP contribution in [0, 0.1) is 0 Å². The summed E-state index contributed by atoms with van der Waals surface area (Å²) in [5.74, 6) is 0.191. The number of para-hydroxylation sites is 1. The third-order valence-corrected chi connectivity index (χ3v) is 8.22. The monoisotopic (exact) mass is 560 g/mol. The molecule has 0 radical (unpaired) electrons. The largest absolute Gasteiger partial charge is 0.488 e. The van der Waals surface area contributed by atoms with Gasteiger partial charge in [0.25, 0.3) is 5.56 Å². The first-order valence-electron chi connectivity index (χ1n) is 13.5. The second kappa shape index (κ2) is 11.4. The van der Waals surface area contributed by atoms with E-state index in [1.807, 2.05) is 85.8 Å². The first kappa shape index (κ1) is 26.5. The number of hydrogen-bond donors (Lipinski definition) is 0. The lowest BCUT2D eigenvalue weighted by molar-refractivity contribution is -0.136. The van der Waals surface area contributed by atoms with Gasteiger partial charge in [0, 0.05) is 5.56 Å². The molecule has 0 bridgehead atoms. The molecule has 0 saturated carbocycles. The molecule has 6 rings (SSSR count). The maximum Gasteiger partial charge on any atom is 0.338 e. The van der Waals surface area contributed by atoms with Crippen LogP contribution in [-0.4, -0.2) is 17.6 Å². The standard InChI is InChI=1S/C34H28N2O4S/c1-3-27-30(33(38)39-2)31(23-13-5-4-6-14-23)36-32(37)29(41-34(36)35-27)20-24-15-8-10-19-28(24)40-21-25-17-11-16-22-12-7-9-18-26(22)25/h4-20,31H,3,21H2,1-2H3/b29-20+/t31-/m0/s1. The normalized spacial score (nSPS) is 15.0. The molecule has 2 heterocycles. The molecule has 41 heavy (non-hydrogen) atoms. The number of thiazole rings is 1. The van der Waals surface area contributed by atoms with Crippen molar-refractivity contribution >= 4 is 34.2 Å². The van der Waals surface area contributed by atoms with E-state index in [1.165, 1.54) is 18.4 Å². The smallest absolute Gasteiger partial charge is 0.338 e. The number of carbonyl (C=O) groups is 1. The van der Waals surface area contributed by atoms with E-state index in [9.17, 15) is 9.59 Å². The van der Waals surface area contributed by atoms with Crippen LogP contribution < -0.4 is 19.6 Å². The lowest BCUT2D eigenvalue weighted by Crippen LogP contribution is -2.40. The fourth-order valence-corrected chi connectivity index (χ4v) is 6.27. The van der Waals surface area contributed by atoms with Crippen LogP contribution in [0.3, 0.4) is 0 Å². The number of methoxy groups -OCH3 is 1. The van der Waals surface area contributed by atoms with Crippen molar-refractivity contribution in [3.8, 4) is 5.75 Å². The van der Waals surface area contributed by atoms with E-state index in [1.54, 1.807) is 4.57 Å². The summed E-state index contributed by atoms with van der Waals surface area (Å²) in [4.78, 5) is 32.2. The Morgan fingerprint density at radius 1 is 0.951 bits per heavy atom. The zero-order valence-corrected chi connectivity index (χ0v) is 23.6. The predicted molar refractivity (Wildman–Crippen MR) is 162 cm³/mol. The van der Waals surface area contributed by atoms with E-state index in [-0.39, 0.29) is 5.56 Å². The second-order valence-electron chi connectivity index (χ2n) is 9.66. The van der Waals surface area contributed by atoms with Crippen molar-refractivity contribution in [1.29, 1.82) is 0 Å². The summed E-state index contributed by atoms with van der Waals surface area (Å²) in [6.45, 7) is 2.34. The molecular weight excluding hydrogens is 532 g/mol. The molecule has 204 valence electrons. The molecule has 0 saturated heterocycles. The SMILES string of the molecule is CCC1=C(C(=O)OC)[C@H](c2ccccc2)n2c(s/c(=C/c3ccccc3OCc3cccc4ccccc34)c2=O)=N1. The molecule has 0 amide bonds. The van der Waals surface area contributed by atoms with Crippen LogP contribution in [0.4, 0.5) is 0 Å². The van der Waals surface area contributed by atoms with Gasteiger partial charge >= 0.3 is 5.97 Å². The molecule has 1 aliphatic rings. The summed E-state index contributed by atoms with van der Waals surface area (Å²) < 4.78 is 13.6. The van der Waals surface area contributed by atoms with Crippen LogP contribution in [0.5, 0.6) is 5.75 Å². The van der Waals surface area contributed by atoms with Gasteiger partial charge in [-0.2, -0.15) is 0 Å². The third kappa shape index (κ3) is 5.00. The Balaban J connectivity index is 1.43. The summed E-state index contributed by atoms with van der Waals surface area (Å²) in [6, 6.07) is 31.0. The average molecular weight is 561 g/mol. The highest BCUT2D eigenvalue weighted by Crippen LogP contribution is 2.32. The van der Waals surface area contributed by atoms with Gasteiger partial charge in [-0.1, -0.05) is 109 Å². The molecular formula is C34H28N2O4S. The molecule has 5 aromatic rings. The summed E-state index contributed by atoms with van der Waals surface area (Å²) in [5, 5.41) is 2.31. The van der Waals surface area contributed by atoms with Gasteiger partial charge in [-0.3, -0.25) is 9.36 Å². The van der Waals surface area contributed by atoms with Crippen molar-refractivity contribution < 1.29 is 14.3 Å². The van der Waals surface area contributed by atoms with Crippen molar-refractivity contribution in [1.82, 2.24) is 4.57 Å². The first-order valence-corrected chi connectivity index (χ1v) is 14.3. The summed E-state index contributed by atoms with van der Waals surface area (Å²) in [6.07, 6.45) is 2.38. The molecule has 0 aliphatic carbocycles. The number of ether oxygens (including phenoxy) is 2. The molecule has 0 N–H and O–H groups in total. The molecule has 1 aliphatic heterocycles. The van der Waals surface area contributed by atoms with Gasteiger partial charge in [0.1, 0.15) is 12.4 Å². The van der Waals surface area contributed by atoms with Crippen molar-refractivity contribution in [3.05, 3.63) is 145 Å². The summed E-state index contributed by atoms with van der Waals surface area (Å²) >= 11 is 1.31. The molecule has 0 spiro atoms. The van der Waals surface area contributed by atoms with Gasteiger partial charge in [-0.05, 0) is 40.5 Å². The van der Waals surface area contributed by atoms with Crippen LogP contribution >= 0.6 is 11.3 Å². The van der Waals surface area contributed by atoms with Gasteiger partial charge in [0.05, 0.1) is 29.0 Å². The predicted octanol–water partition coefficient (Wildman–Crippen LogP) is 5.53. The minimum absolute atomic E-state index is 0.219. The Kier molecular flexibility index (Phi) is 7.35. The summed E-state index contributed by atoms with van der Waals surface area (Å²) in [5.41, 5.74) is 3.49. The van der Waals surface area contributed by atoms with Crippen molar-refractivity contribution in [2.24, 2.45) is 4.99 Å². The van der Waals surface area contributed by atoms with Crippen LogP contribution in [-0.2, 0) is 16.1 Å². The molecule has 0 fully saturated rings. The van der Waals surface area contributed by atoms with Crippen molar-refractivity contribution in [3.63, 3.8) is 0 Å². The number of benzene rings is 4. The van der Waals surface area contributed by atoms with Gasteiger partial charge in [-0.15, -0.1) is 0 Å². The highest BCUT2D eigenvalue weighted by molar-refractivity contribution is 7.07. The molecule has 6 nitrogen and oxygen atoms in total. The van der Waals surface area contributed by atoms with E-state index in [0.717, 1.165) is 27.5 Å². The molecule has 1 aromatic heterocycles. The fraction of sp³-hybridized carbons (Fsp3) is 0.147. The zero-order valence-electron chi connectivity index (χ0n) is 22.7. The Morgan fingerprint density at radius 3 is 2.49 bits per heavy atom. The number of esters is 1. The van der Waals surface area contributed by atoms with Gasteiger partial charge < -0.3 is 9.47 Å². The van der Waals surface area contributed by atoms with E-state index in [0.29, 0.717) is 39.4 Å². The third-order valence-electron chi connectivity index (χ3n) is 7.23. The van der Waals surface area contributed by atoms with Crippen molar-refractivity contribution in [2.75, 3.05) is 7.11 Å². The van der Waals surface area contributed by atoms with E-state index < -0.39 is 12.0 Å². The van der Waals surface area contributed by atoms with Gasteiger partial charge in [-0.25, -0.2) is 9.79 Å². The topological polar surface area (TPSA) is 69.9 Å². The summed E-state index contributed by atoms with van der Waals surface area (Å²) in [7, 11) is 1.35. The van der Waals surface area contributed by atoms with Crippen LogP contribution in [0.25, 0.3) is 16.8 Å². The Hall–Kier alpha value is -4.75. The lowest BCUT2D eigenvalue weighted by atomic mass is 9.95. The number of fused-ring (bicyclic) bond motifs is 2. The van der Waals surface area contributed by atoms with Crippen LogP contribution in [0.15, 0.2) is 118 Å². The highest BCUT2D eigenvalue weighted by Gasteiger charge is 2.33. The van der Waals surface area contributed by atoms with Crippen molar-refractivity contribution in [2.45, 2.75) is 26.0 Å². The highest BCUT2D eigenvalue weighted by atomic mass is 32.1. The molecule has 4 aromatic carbocycles. The Bertz CT molecular complexity index is 1970. The number of aromatic nitrogens is 1. The minimum atomic E-state index is -0.630. The molecule has 0 unspecified atom stereocenters. The quantitative estimate of drug-likeness (QED) is 0.246. The maximum absolute atomic E-state index is 14.0. The minimum Gasteiger partial charge on any atom is -0.488 e. The number of rotatable bonds is 7. The zero-order chi connectivity index (χ0) is 28.3. The maximum atomic E-state index is 14.0. The molecule has 1 atom stereocenters. The van der Waals surface area contributed by atoms with Gasteiger partial charge in [0.2, 0.25) is 0 Å². The fourth-order valence-electron chi connectivity index (χ4n) is 5.26. The van der Waals surface area contributed by atoms with Crippen LogP contribution in [0.1, 0.15) is 36.1 Å². The second-order valence-corrected chi connectivity index (χ2v) is 10.7. The Labute approximate surface area is 241 Å². The lowest BCUT2D eigenvalue weighted by Gasteiger charge is -2.25. The van der Waals surface area contributed by atoms with E-state index >= 15 is 0 Å². The number of carbonyl (C=O) groups excluding carboxylic acids is 1. The number of allylic oxidation sites excluding steroid dienone is 1. The molecule has 7 heteroatoms. The number of nitrogens with zero attached hydrogens (tertiary/aromatic N) is 2. The van der Waals surface area contributed by atoms with E-state index in [2.05, 4.69) is 24.3 Å².